The maximum absolute atomic E-state index is 10.3. The number of hydrogen-bond acceptors (Lipinski definition) is 5. The molecule has 1 unspecified atom stereocenters. The van der Waals surface area contributed by atoms with Crippen LogP contribution in [0.4, 0.5) is 0 Å². The molecule has 7 heteroatoms. The van der Waals surface area contributed by atoms with Crippen molar-refractivity contribution in [1.29, 1.82) is 0 Å². The lowest BCUT2D eigenvalue weighted by atomic mass is 10.1. The highest BCUT2D eigenvalue weighted by Gasteiger charge is 2.50. The lowest BCUT2D eigenvalue weighted by Crippen LogP contribution is -2.08. The quantitative estimate of drug-likeness (QED) is 0.437. The topological polar surface area (TPSA) is 128 Å². The minimum Gasteiger partial charge on any atom is -0.478 e. The van der Waals surface area contributed by atoms with Crippen LogP contribution in [0.3, 0.4) is 0 Å². The van der Waals surface area contributed by atoms with Crippen molar-refractivity contribution in [3.05, 3.63) is 35.4 Å². The van der Waals surface area contributed by atoms with Crippen molar-refractivity contribution in [2.75, 3.05) is 0 Å². The first-order valence-corrected chi connectivity index (χ1v) is 4.93. The van der Waals surface area contributed by atoms with Crippen molar-refractivity contribution >= 4 is 11.9 Å². The molecule has 2 rings (SSSR count). The van der Waals surface area contributed by atoms with E-state index in [0.29, 0.717) is 0 Å². The van der Waals surface area contributed by atoms with Crippen LogP contribution in [0.15, 0.2) is 24.3 Å². The summed E-state index contributed by atoms with van der Waals surface area (Å²) in [6, 6.07) is 5.02. The van der Waals surface area contributed by atoms with Gasteiger partial charge in [0.2, 0.25) is 0 Å². The highest BCUT2D eigenvalue weighted by atomic mass is 16.9. The van der Waals surface area contributed by atoms with E-state index in [-0.39, 0.29) is 11.1 Å². The fourth-order valence-corrected chi connectivity index (χ4v) is 0.982. The van der Waals surface area contributed by atoms with E-state index >= 15 is 0 Å². The Balaban J connectivity index is 0.000000225. The normalized spacial score (nSPS) is 19.4. The first kappa shape index (κ1) is 14.1. The third kappa shape index (κ3) is 3.81. The van der Waals surface area contributed by atoms with E-state index in [9.17, 15) is 9.59 Å². The Morgan fingerprint density at radius 1 is 1.06 bits per heavy atom. The number of carbonyl (C=O) groups is 2. The molecule has 0 amide bonds. The van der Waals surface area contributed by atoms with Crippen molar-refractivity contribution in [3.8, 4) is 0 Å². The van der Waals surface area contributed by atoms with E-state index in [1.54, 1.807) is 6.92 Å². The van der Waals surface area contributed by atoms with Gasteiger partial charge in [0.05, 0.1) is 11.1 Å². The Hall–Kier alpha value is -1.96. The molecule has 1 aliphatic rings. The van der Waals surface area contributed by atoms with Gasteiger partial charge < -0.3 is 25.2 Å². The van der Waals surface area contributed by atoms with Gasteiger partial charge in [0.1, 0.15) is 6.10 Å². The first-order chi connectivity index (χ1) is 8.24. The number of ether oxygens (including phenoxy) is 1. The summed E-state index contributed by atoms with van der Waals surface area (Å²) in [5.74, 6) is -3.92. The van der Waals surface area contributed by atoms with Gasteiger partial charge in [-0.25, -0.2) is 9.59 Å². The second-order valence-electron chi connectivity index (χ2n) is 3.61. The summed E-state index contributed by atoms with van der Waals surface area (Å²) in [6.45, 7) is 1.58. The average Bonchev–Trinajstić information content (AvgIpc) is 2.84. The first-order valence-electron chi connectivity index (χ1n) is 4.93. The molecule has 4 N–H and O–H groups in total. The van der Waals surface area contributed by atoms with Gasteiger partial charge in [-0.2, -0.15) is 0 Å². The van der Waals surface area contributed by atoms with E-state index in [4.69, 9.17) is 20.4 Å². The van der Waals surface area contributed by atoms with Crippen LogP contribution in [-0.2, 0) is 4.74 Å². The molecule has 1 aromatic rings. The fraction of sp³-hybridized carbons (Fsp3) is 0.273. The molecule has 98 valence electrons. The second-order valence-corrected chi connectivity index (χ2v) is 3.61. The number of epoxide rings is 1. The number of rotatable bonds is 2. The molecule has 0 aromatic heterocycles. The molecule has 7 nitrogen and oxygen atoms in total. The molecule has 1 aliphatic heterocycles. The minimum atomic E-state index is -1.79. The van der Waals surface area contributed by atoms with Gasteiger partial charge in [0.15, 0.2) is 0 Å². The summed E-state index contributed by atoms with van der Waals surface area (Å²) >= 11 is 0. The van der Waals surface area contributed by atoms with Gasteiger partial charge in [0, 0.05) is 0 Å². The molecule has 18 heavy (non-hydrogen) atoms. The van der Waals surface area contributed by atoms with E-state index < -0.39 is 24.0 Å². The zero-order chi connectivity index (χ0) is 13.9. The molecule has 1 fully saturated rings. The summed E-state index contributed by atoms with van der Waals surface area (Å²) < 4.78 is 4.22. The van der Waals surface area contributed by atoms with Crippen molar-refractivity contribution in [2.24, 2.45) is 0 Å². The lowest BCUT2D eigenvalue weighted by Gasteiger charge is -1.94. The van der Waals surface area contributed by atoms with Crippen LogP contribution in [0.2, 0.25) is 0 Å². The summed E-state index contributed by atoms with van der Waals surface area (Å²) in [7, 11) is 0. The summed E-state index contributed by atoms with van der Waals surface area (Å²) in [5.41, 5.74) is 0.167. The SMILES string of the molecule is CC1OC1(O)O.O=C(O)c1ccc(C(=O)O)cc1. The van der Waals surface area contributed by atoms with E-state index in [2.05, 4.69) is 4.74 Å². The Morgan fingerprint density at radius 3 is 1.39 bits per heavy atom. The number of hydrogen-bond donors (Lipinski definition) is 4. The van der Waals surface area contributed by atoms with Gasteiger partial charge in [0.25, 0.3) is 0 Å². The molecule has 1 saturated heterocycles. The van der Waals surface area contributed by atoms with Crippen LogP contribution in [0.1, 0.15) is 27.6 Å². The minimum absolute atomic E-state index is 0.0833. The highest BCUT2D eigenvalue weighted by Crippen LogP contribution is 2.28. The summed E-state index contributed by atoms with van der Waals surface area (Å²) in [4.78, 5) is 20.7. The van der Waals surface area contributed by atoms with Crippen LogP contribution in [0.5, 0.6) is 0 Å². The Morgan fingerprint density at radius 2 is 1.28 bits per heavy atom. The molecule has 1 atom stereocenters. The maximum Gasteiger partial charge on any atom is 0.335 e. The molecule has 0 spiro atoms. The second kappa shape index (κ2) is 5.13. The zero-order valence-electron chi connectivity index (χ0n) is 9.40. The van der Waals surface area contributed by atoms with Crippen molar-refractivity contribution in [1.82, 2.24) is 0 Å². The Labute approximate surface area is 102 Å². The largest absolute Gasteiger partial charge is 0.478 e. The molecule has 0 saturated carbocycles. The Bertz CT molecular complexity index is 416. The molecular weight excluding hydrogens is 244 g/mol. The van der Waals surface area contributed by atoms with Crippen LogP contribution < -0.4 is 0 Å². The Kier molecular flexibility index (Phi) is 4.02. The van der Waals surface area contributed by atoms with Gasteiger partial charge in [-0.1, -0.05) is 0 Å². The highest BCUT2D eigenvalue weighted by molar-refractivity contribution is 5.91. The van der Waals surface area contributed by atoms with E-state index in [0.717, 1.165) is 0 Å². The van der Waals surface area contributed by atoms with E-state index in [1.165, 1.54) is 24.3 Å². The summed E-state index contributed by atoms with van der Waals surface area (Å²) in [6.07, 6.45) is -0.391. The average molecular weight is 256 g/mol. The predicted octanol–water partition coefficient (Wildman–Crippen LogP) is 0.127. The number of benzene rings is 1. The van der Waals surface area contributed by atoms with Crippen molar-refractivity contribution in [3.63, 3.8) is 0 Å². The van der Waals surface area contributed by atoms with Crippen LogP contribution in [0, 0.1) is 0 Å². The number of carboxylic acids is 2. The smallest absolute Gasteiger partial charge is 0.335 e. The molecule has 0 radical (unpaired) electrons. The van der Waals surface area contributed by atoms with Crippen LogP contribution in [-0.4, -0.2) is 44.4 Å². The number of aliphatic hydroxyl groups is 2. The van der Waals surface area contributed by atoms with E-state index in [1.807, 2.05) is 0 Å². The van der Waals surface area contributed by atoms with Gasteiger partial charge >= 0.3 is 17.9 Å². The summed E-state index contributed by atoms with van der Waals surface area (Å²) in [5, 5.41) is 33.4. The molecule has 0 aliphatic carbocycles. The molecular formula is C11H12O7. The predicted molar refractivity (Wildman–Crippen MR) is 58.1 cm³/mol. The van der Waals surface area contributed by atoms with Crippen LogP contribution in [0.25, 0.3) is 0 Å². The molecule has 1 heterocycles. The van der Waals surface area contributed by atoms with Gasteiger partial charge in [-0.3, -0.25) is 0 Å². The number of carboxylic acid groups (broad SMARTS) is 2. The van der Waals surface area contributed by atoms with Crippen molar-refractivity contribution in [2.45, 2.75) is 19.0 Å². The van der Waals surface area contributed by atoms with Crippen molar-refractivity contribution < 1.29 is 34.8 Å². The third-order valence-corrected chi connectivity index (χ3v) is 2.20. The molecule has 0 bridgehead atoms. The maximum atomic E-state index is 10.3. The third-order valence-electron chi connectivity index (χ3n) is 2.20. The molecule has 1 aromatic carbocycles. The van der Waals surface area contributed by atoms with Gasteiger partial charge in [-0.05, 0) is 31.2 Å². The standard InChI is InChI=1S/C8H6O4.C3H6O3/c9-7(10)5-1-2-6(4-3-5)8(11)12;1-2-3(4,5)6-2/h1-4H,(H,9,10)(H,11,12);2,4-5H,1H3. The fourth-order valence-electron chi connectivity index (χ4n) is 0.982. The monoisotopic (exact) mass is 256 g/mol. The van der Waals surface area contributed by atoms with Gasteiger partial charge in [-0.15, -0.1) is 0 Å². The lowest BCUT2D eigenvalue weighted by molar-refractivity contribution is -0.150. The zero-order valence-corrected chi connectivity index (χ0v) is 9.40. The number of aromatic carboxylic acids is 2. The van der Waals surface area contributed by atoms with Crippen LogP contribution >= 0.6 is 0 Å².